The summed E-state index contributed by atoms with van der Waals surface area (Å²) in [7, 11) is 0. The number of nitrogens with one attached hydrogen (secondary N) is 1. The van der Waals surface area contributed by atoms with Crippen LogP contribution in [-0.2, 0) is 13.2 Å². The van der Waals surface area contributed by atoms with Crippen molar-refractivity contribution >= 4 is 23.2 Å². The number of hydrogen-bond donors (Lipinski definition) is 1. The van der Waals surface area contributed by atoms with Crippen molar-refractivity contribution in [2.75, 3.05) is 0 Å². The van der Waals surface area contributed by atoms with Gasteiger partial charge in [0.25, 0.3) is 0 Å². The number of benzene rings is 2. The lowest BCUT2D eigenvalue weighted by atomic mass is 10.1. The van der Waals surface area contributed by atoms with Gasteiger partial charge in [-0.1, -0.05) is 54.4 Å². The second kappa shape index (κ2) is 8.42. The van der Waals surface area contributed by atoms with E-state index in [0.29, 0.717) is 22.7 Å². The molecule has 1 N–H and O–H groups in total. The van der Waals surface area contributed by atoms with E-state index in [1.165, 1.54) is 0 Å². The van der Waals surface area contributed by atoms with Crippen molar-refractivity contribution in [2.45, 2.75) is 39.5 Å². The number of halogens is 2. The van der Waals surface area contributed by atoms with Crippen molar-refractivity contribution < 1.29 is 4.74 Å². The maximum Gasteiger partial charge on any atom is 0.124 e. The molecule has 22 heavy (non-hydrogen) atoms. The average molecular weight is 338 g/mol. The predicted octanol–water partition coefficient (Wildman–Crippen LogP) is 5.46. The van der Waals surface area contributed by atoms with Gasteiger partial charge in [0.1, 0.15) is 12.4 Å². The second-order valence-electron chi connectivity index (χ2n) is 5.32. The molecule has 0 amide bonds. The average Bonchev–Trinajstić information content (AvgIpc) is 2.52. The van der Waals surface area contributed by atoms with Crippen LogP contribution in [0.1, 0.15) is 31.4 Å². The lowest BCUT2D eigenvalue weighted by Crippen LogP contribution is -2.24. The predicted molar refractivity (Wildman–Crippen MR) is 93.8 cm³/mol. The molecule has 2 aromatic carbocycles. The van der Waals surface area contributed by atoms with Crippen molar-refractivity contribution in [1.29, 1.82) is 0 Å². The molecule has 0 bridgehead atoms. The van der Waals surface area contributed by atoms with Gasteiger partial charge >= 0.3 is 0 Å². The smallest absolute Gasteiger partial charge is 0.124 e. The van der Waals surface area contributed by atoms with E-state index < -0.39 is 0 Å². The molecule has 0 unspecified atom stereocenters. The largest absolute Gasteiger partial charge is 0.489 e. The van der Waals surface area contributed by atoms with Crippen LogP contribution in [0.3, 0.4) is 0 Å². The molecule has 4 heteroatoms. The van der Waals surface area contributed by atoms with Gasteiger partial charge in [-0.05, 0) is 31.5 Å². The summed E-state index contributed by atoms with van der Waals surface area (Å²) in [5, 5.41) is 4.74. The van der Waals surface area contributed by atoms with Gasteiger partial charge in [0.2, 0.25) is 0 Å². The first-order valence-electron chi connectivity index (χ1n) is 7.48. The van der Waals surface area contributed by atoms with Gasteiger partial charge in [-0.15, -0.1) is 0 Å². The Morgan fingerprint density at radius 3 is 2.59 bits per heavy atom. The zero-order chi connectivity index (χ0) is 15.9. The number of ether oxygens (including phenoxy) is 1. The van der Waals surface area contributed by atoms with Gasteiger partial charge in [-0.3, -0.25) is 0 Å². The third-order valence-corrected chi connectivity index (χ3v) is 4.21. The number of rotatable bonds is 7. The minimum Gasteiger partial charge on any atom is -0.489 e. The van der Waals surface area contributed by atoms with Gasteiger partial charge in [0, 0.05) is 33.8 Å². The van der Waals surface area contributed by atoms with Crippen LogP contribution in [0.25, 0.3) is 0 Å². The van der Waals surface area contributed by atoms with Gasteiger partial charge in [-0.2, -0.15) is 0 Å². The normalized spacial score (nSPS) is 12.2. The third-order valence-electron chi connectivity index (χ3n) is 3.62. The fraction of sp³-hybridized carbons (Fsp3) is 0.333. The van der Waals surface area contributed by atoms with Gasteiger partial charge in [0.05, 0.1) is 0 Å². The summed E-state index contributed by atoms with van der Waals surface area (Å²) >= 11 is 12.1. The topological polar surface area (TPSA) is 21.3 Å². The Bertz CT molecular complexity index is 616. The molecule has 0 aromatic heterocycles. The Hall–Kier alpha value is -1.22. The Morgan fingerprint density at radius 1 is 1.09 bits per heavy atom. The van der Waals surface area contributed by atoms with E-state index in [9.17, 15) is 0 Å². The van der Waals surface area contributed by atoms with Crippen LogP contribution >= 0.6 is 23.2 Å². The van der Waals surface area contributed by atoms with Gasteiger partial charge in [-0.25, -0.2) is 0 Å². The van der Waals surface area contributed by atoms with E-state index in [0.717, 1.165) is 29.8 Å². The van der Waals surface area contributed by atoms with E-state index in [-0.39, 0.29) is 0 Å². The Kier molecular flexibility index (Phi) is 6.56. The summed E-state index contributed by atoms with van der Waals surface area (Å²) in [4.78, 5) is 0. The second-order valence-corrected chi connectivity index (χ2v) is 6.17. The molecule has 0 heterocycles. The summed E-state index contributed by atoms with van der Waals surface area (Å²) in [6.07, 6.45) is 1.10. The molecule has 0 aliphatic heterocycles. The first-order chi connectivity index (χ1) is 10.6. The molecular weight excluding hydrogens is 317 g/mol. The van der Waals surface area contributed by atoms with E-state index in [1.807, 2.05) is 30.3 Å². The summed E-state index contributed by atoms with van der Waals surface area (Å²) in [6, 6.07) is 14.0. The summed E-state index contributed by atoms with van der Waals surface area (Å²) in [5.74, 6) is 0.879. The zero-order valence-electron chi connectivity index (χ0n) is 12.9. The molecule has 0 fully saturated rings. The van der Waals surface area contributed by atoms with Crippen molar-refractivity contribution in [2.24, 2.45) is 0 Å². The standard InChI is InChI=1S/C18H21Cl2NO/c1-3-13(2)21-11-14-6-4-5-7-18(14)22-12-15-8-9-16(19)10-17(15)20/h4-10,13,21H,3,11-12H2,1-2H3/t13-/m0/s1. The number of hydrogen-bond acceptors (Lipinski definition) is 2. The molecule has 2 rings (SSSR count). The van der Waals surface area contributed by atoms with Crippen LogP contribution in [0, 0.1) is 0 Å². The van der Waals surface area contributed by atoms with E-state index in [4.69, 9.17) is 27.9 Å². The maximum absolute atomic E-state index is 6.18. The van der Waals surface area contributed by atoms with Crippen LogP contribution in [0.4, 0.5) is 0 Å². The van der Waals surface area contributed by atoms with Gasteiger partial charge < -0.3 is 10.1 Å². The first-order valence-corrected chi connectivity index (χ1v) is 8.23. The Labute approximate surface area is 142 Å². The first kappa shape index (κ1) is 17.1. The molecular formula is C18H21Cl2NO. The van der Waals surface area contributed by atoms with Crippen molar-refractivity contribution in [1.82, 2.24) is 5.32 Å². The molecule has 1 atom stereocenters. The van der Waals surface area contributed by atoms with Crippen LogP contribution in [0.5, 0.6) is 5.75 Å². The highest BCUT2D eigenvalue weighted by molar-refractivity contribution is 6.35. The fourth-order valence-electron chi connectivity index (χ4n) is 2.01. The highest BCUT2D eigenvalue weighted by Crippen LogP contribution is 2.24. The minimum absolute atomic E-state index is 0.427. The highest BCUT2D eigenvalue weighted by atomic mass is 35.5. The quantitative estimate of drug-likeness (QED) is 0.724. The van der Waals surface area contributed by atoms with Crippen LogP contribution in [0.2, 0.25) is 10.0 Å². The van der Waals surface area contributed by atoms with E-state index >= 15 is 0 Å². The maximum atomic E-state index is 6.18. The molecule has 0 radical (unpaired) electrons. The Morgan fingerprint density at radius 2 is 1.86 bits per heavy atom. The lowest BCUT2D eigenvalue weighted by Gasteiger charge is -2.15. The fourth-order valence-corrected chi connectivity index (χ4v) is 2.48. The minimum atomic E-state index is 0.427. The molecule has 0 spiro atoms. The molecule has 0 saturated heterocycles. The van der Waals surface area contributed by atoms with Crippen LogP contribution < -0.4 is 10.1 Å². The summed E-state index contributed by atoms with van der Waals surface area (Å²) in [6.45, 7) is 5.56. The molecule has 118 valence electrons. The monoisotopic (exact) mass is 337 g/mol. The Balaban J connectivity index is 2.03. The zero-order valence-corrected chi connectivity index (χ0v) is 14.4. The number of para-hydroxylation sites is 1. The molecule has 2 nitrogen and oxygen atoms in total. The molecule has 0 aliphatic rings. The third kappa shape index (κ3) is 4.91. The van der Waals surface area contributed by atoms with E-state index in [1.54, 1.807) is 6.07 Å². The van der Waals surface area contributed by atoms with Crippen molar-refractivity contribution in [3.05, 3.63) is 63.6 Å². The molecule has 0 saturated carbocycles. The van der Waals surface area contributed by atoms with E-state index in [2.05, 4.69) is 25.2 Å². The summed E-state index contributed by atoms with van der Waals surface area (Å²) in [5.41, 5.74) is 2.07. The highest BCUT2D eigenvalue weighted by Gasteiger charge is 2.07. The lowest BCUT2D eigenvalue weighted by molar-refractivity contribution is 0.301. The summed E-state index contributed by atoms with van der Waals surface area (Å²) < 4.78 is 5.94. The van der Waals surface area contributed by atoms with Crippen molar-refractivity contribution in [3.8, 4) is 5.75 Å². The van der Waals surface area contributed by atoms with Gasteiger partial charge in [0.15, 0.2) is 0 Å². The van der Waals surface area contributed by atoms with Crippen LogP contribution in [-0.4, -0.2) is 6.04 Å². The van der Waals surface area contributed by atoms with Crippen LogP contribution in [0.15, 0.2) is 42.5 Å². The van der Waals surface area contributed by atoms with Crippen molar-refractivity contribution in [3.63, 3.8) is 0 Å². The molecule has 2 aromatic rings. The molecule has 0 aliphatic carbocycles. The SMILES string of the molecule is CC[C@H](C)NCc1ccccc1OCc1ccc(Cl)cc1Cl.